The van der Waals surface area contributed by atoms with Gasteiger partial charge in [-0.3, -0.25) is 0 Å². The summed E-state index contributed by atoms with van der Waals surface area (Å²) in [5.74, 6) is 0. The summed E-state index contributed by atoms with van der Waals surface area (Å²) < 4.78 is 0. The SMILES string of the molecule is CCN(CC)C(=Cc1ccccc1)c1ccc(-c2ccc(C(=Cc3ccccc3)N(CC)CC)cc2)cc1. The van der Waals surface area contributed by atoms with Crippen molar-refractivity contribution in [2.24, 2.45) is 0 Å². The maximum Gasteiger partial charge on any atom is 0.0445 e. The minimum atomic E-state index is 0.976. The van der Waals surface area contributed by atoms with E-state index in [1.165, 1.54) is 44.8 Å². The predicted octanol–water partition coefficient (Wildman–Crippen LogP) is 9.03. The highest BCUT2D eigenvalue weighted by Gasteiger charge is 2.12. The molecule has 0 aliphatic heterocycles. The Labute approximate surface area is 229 Å². The summed E-state index contributed by atoms with van der Waals surface area (Å²) in [5, 5.41) is 0. The molecule has 0 N–H and O–H groups in total. The lowest BCUT2D eigenvalue weighted by Gasteiger charge is -2.25. The molecule has 0 aliphatic rings. The van der Waals surface area contributed by atoms with Gasteiger partial charge in [0, 0.05) is 37.6 Å². The third-order valence-corrected chi connectivity index (χ3v) is 7.11. The smallest absolute Gasteiger partial charge is 0.0445 e. The quantitative estimate of drug-likeness (QED) is 0.190. The third kappa shape index (κ3) is 6.63. The van der Waals surface area contributed by atoms with E-state index in [1.807, 2.05) is 0 Å². The lowest BCUT2D eigenvalue weighted by molar-refractivity contribution is 0.444. The lowest BCUT2D eigenvalue weighted by atomic mass is 9.99. The van der Waals surface area contributed by atoms with Gasteiger partial charge in [0.2, 0.25) is 0 Å². The Bertz CT molecular complexity index is 1200. The average molecular weight is 501 g/mol. The molecule has 0 aliphatic carbocycles. The van der Waals surface area contributed by atoms with Crippen molar-refractivity contribution >= 4 is 23.5 Å². The number of rotatable bonds is 11. The van der Waals surface area contributed by atoms with Crippen molar-refractivity contribution in [2.75, 3.05) is 26.2 Å². The molecule has 0 saturated heterocycles. The second kappa shape index (κ2) is 13.5. The van der Waals surface area contributed by atoms with Crippen LogP contribution in [0.3, 0.4) is 0 Å². The maximum absolute atomic E-state index is 2.42. The van der Waals surface area contributed by atoms with Crippen LogP contribution in [0.4, 0.5) is 0 Å². The molecule has 38 heavy (non-hydrogen) atoms. The van der Waals surface area contributed by atoms with Crippen LogP contribution in [0.15, 0.2) is 109 Å². The van der Waals surface area contributed by atoms with E-state index in [9.17, 15) is 0 Å². The van der Waals surface area contributed by atoms with Gasteiger partial charge in [0.25, 0.3) is 0 Å². The second-order valence-electron chi connectivity index (χ2n) is 9.38. The van der Waals surface area contributed by atoms with Crippen LogP contribution in [0.1, 0.15) is 49.9 Å². The van der Waals surface area contributed by atoms with E-state index in [1.54, 1.807) is 0 Å². The van der Waals surface area contributed by atoms with Crippen LogP contribution in [0.2, 0.25) is 0 Å². The first-order valence-electron chi connectivity index (χ1n) is 13.9. The van der Waals surface area contributed by atoms with Crippen molar-refractivity contribution in [3.8, 4) is 11.1 Å². The zero-order valence-electron chi connectivity index (χ0n) is 23.3. The fraction of sp³-hybridized carbons (Fsp3) is 0.222. The second-order valence-corrected chi connectivity index (χ2v) is 9.38. The normalized spacial score (nSPS) is 11.9. The van der Waals surface area contributed by atoms with E-state index in [0.717, 1.165) is 26.2 Å². The summed E-state index contributed by atoms with van der Waals surface area (Å²) >= 11 is 0. The molecule has 0 atom stereocenters. The zero-order valence-corrected chi connectivity index (χ0v) is 23.3. The number of hydrogen-bond acceptors (Lipinski definition) is 2. The Kier molecular flexibility index (Phi) is 9.59. The molecule has 0 aromatic heterocycles. The Morgan fingerprint density at radius 1 is 0.447 bits per heavy atom. The van der Waals surface area contributed by atoms with Crippen molar-refractivity contribution in [2.45, 2.75) is 27.7 Å². The first-order valence-corrected chi connectivity index (χ1v) is 13.9. The summed E-state index contributed by atoms with van der Waals surface area (Å²) in [6.07, 6.45) is 4.59. The van der Waals surface area contributed by atoms with E-state index >= 15 is 0 Å². The highest BCUT2D eigenvalue weighted by Crippen LogP contribution is 2.29. The largest absolute Gasteiger partial charge is 0.372 e. The molecule has 0 saturated carbocycles. The summed E-state index contributed by atoms with van der Waals surface area (Å²) in [6.45, 7) is 12.8. The van der Waals surface area contributed by atoms with E-state index in [-0.39, 0.29) is 0 Å². The van der Waals surface area contributed by atoms with Crippen LogP contribution in [0.25, 0.3) is 34.7 Å². The summed E-state index contributed by atoms with van der Waals surface area (Å²) in [7, 11) is 0. The number of hydrogen-bond donors (Lipinski definition) is 0. The zero-order chi connectivity index (χ0) is 26.7. The van der Waals surface area contributed by atoms with Crippen molar-refractivity contribution in [3.63, 3.8) is 0 Å². The Morgan fingerprint density at radius 2 is 0.763 bits per heavy atom. The first kappa shape index (κ1) is 27.0. The molecule has 0 fully saturated rings. The van der Waals surface area contributed by atoms with Crippen molar-refractivity contribution in [1.82, 2.24) is 9.80 Å². The monoisotopic (exact) mass is 500 g/mol. The van der Waals surface area contributed by atoms with Crippen LogP contribution < -0.4 is 0 Å². The molecule has 0 radical (unpaired) electrons. The minimum Gasteiger partial charge on any atom is -0.372 e. The van der Waals surface area contributed by atoms with Crippen molar-refractivity contribution in [3.05, 3.63) is 131 Å². The van der Waals surface area contributed by atoms with Gasteiger partial charge in [0.15, 0.2) is 0 Å². The molecule has 4 aromatic carbocycles. The Morgan fingerprint density at radius 3 is 1.05 bits per heavy atom. The average Bonchev–Trinajstić information content (AvgIpc) is 2.98. The van der Waals surface area contributed by atoms with Crippen molar-refractivity contribution in [1.29, 1.82) is 0 Å². The van der Waals surface area contributed by atoms with E-state index in [0.29, 0.717) is 0 Å². The molecule has 2 heteroatoms. The molecule has 0 heterocycles. The molecule has 2 nitrogen and oxygen atoms in total. The molecular formula is C36H40N2. The van der Waals surface area contributed by atoms with E-state index in [4.69, 9.17) is 0 Å². The fourth-order valence-electron chi connectivity index (χ4n) is 4.92. The molecule has 4 aromatic rings. The summed E-state index contributed by atoms with van der Waals surface area (Å²) in [4.78, 5) is 4.84. The Hall–Kier alpha value is -4.04. The molecule has 0 spiro atoms. The van der Waals surface area contributed by atoms with Gasteiger partial charge in [0.1, 0.15) is 0 Å². The predicted molar refractivity (Wildman–Crippen MR) is 166 cm³/mol. The lowest BCUT2D eigenvalue weighted by Crippen LogP contribution is -2.21. The first-order chi connectivity index (χ1) is 18.7. The van der Waals surface area contributed by atoms with E-state index < -0.39 is 0 Å². The molecular weight excluding hydrogens is 460 g/mol. The minimum absolute atomic E-state index is 0.976. The van der Waals surface area contributed by atoms with Gasteiger partial charge in [0.05, 0.1) is 0 Å². The van der Waals surface area contributed by atoms with Gasteiger partial charge >= 0.3 is 0 Å². The molecule has 4 rings (SSSR count). The third-order valence-electron chi connectivity index (χ3n) is 7.11. The van der Waals surface area contributed by atoms with Gasteiger partial charge in [-0.15, -0.1) is 0 Å². The topological polar surface area (TPSA) is 6.48 Å². The summed E-state index contributed by atoms with van der Waals surface area (Å²) in [5.41, 5.74) is 9.92. The standard InChI is InChI=1S/C36H40N2/c1-5-37(6-2)35(27-29-15-11-9-12-16-29)33-23-19-31(20-24-33)32-21-25-34(26-22-32)36(38(7-3)8-4)28-30-17-13-10-14-18-30/h9-28H,5-8H2,1-4H3. The van der Waals surface area contributed by atoms with Gasteiger partial charge in [-0.1, -0.05) is 109 Å². The van der Waals surface area contributed by atoms with Gasteiger partial charge in [-0.2, -0.15) is 0 Å². The highest BCUT2D eigenvalue weighted by atomic mass is 15.1. The molecule has 194 valence electrons. The summed E-state index contributed by atoms with van der Waals surface area (Å²) in [6, 6.07) is 39.2. The van der Waals surface area contributed by atoms with Gasteiger partial charge < -0.3 is 9.80 Å². The number of benzene rings is 4. The molecule has 0 unspecified atom stereocenters. The Balaban J connectivity index is 1.63. The van der Waals surface area contributed by atoms with Crippen LogP contribution >= 0.6 is 0 Å². The van der Waals surface area contributed by atoms with Gasteiger partial charge in [-0.05, 0) is 73.2 Å². The van der Waals surface area contributed by atoms with Crippen LogP contribution in [0, 0.1) is 0 Å². The highest BCUT2D eigenvalue weighted by molar-refractivity contribution is 5.83. The molecule has 0 amide bonds. The number of nitrogens with zero attached hydrogens (tertiary/aromatic N) is 2. The van der Waals surface area contributed by atoms with Crippen molar-refractivity contribution < 1.29 is 0 Å². The van der Waals surface area contributed by atoms with E-state index in [2.05, 4.69) is 159 Å². The van der Waals surface area contributed by atoms with Crippen LogP contribution in [-0.4, -0.2) is 36.0 Å². The van der Waals surface area contributed by atoms with Gasteiger partial charge in [-0.25, -0.2) is 0 Å². The fourth-order valence-corrected chi connectivity index (χ4v) is 4.92. The molecule has 0 bridgehead atoms. The van der Waals surface area contributed by atoms with Crippen LogP contribution in [0.5, 0.6) is 0 Å². The van der Waals surface area contributed by atoms with Crippen LogP contribution in [-0.2, 0) is 0 Å². The maximum atomic E-state index is 2.42.